The van der Waals surface area contributed by atoms with Crippen molar-refractivity contribution in [2.24, 2.45) is 5.92 Å². The Morgan fingerprint density at radius 3 is 1.69 bits per heavy atom. The van der Waals surface area contributed by atoms with E-state index in [1.807, 2.05) is 0 Å². The Balaban J connectivity index is 0.000000293. The predicted octanol–water partition coefficient (Wildman–Crippen LogP) is 3.00. The molecular formula is C13H27NO2. The third kappa shape index (κ3) is 6.83. The van der Waals surface area contributed by atoms with Gasteiger partial charge in [0.25, 0.3) is 0 Å². The Morgan fingerprint density at radius 1 is 1.06 bits per heavy atom. The highest BCUT2D eigenvalue weighted by Crippen LogP contribution is 2.23. The molecule has 0 heterocycles. The average Bonchev–Trinajstić information content (AvgIpc) is 2.33. The van der Waals surface area contributed by atoms with Crippen LogP contribution in [0.1, 0.15) is 52.9 Å². The van der Waals surface area contributed by atoms with Gasteiger partial charge in [-0.05, 0) is 32.5 Å². The zero-order valence-electron chi connectivity index (χ0n) is 11.0. The van der Waals surface area contributed by atoms with Crippen LogP contribution in [-0.4, -0.2) is 35.6 Å². The Bertz CT molecular complexity index is 167. The van der Waals surface area contributed by atoms with Crippen molar-refractivity contribution in [1.82, 2.24) is 4.90 Å². The van der Waals surface area contributed by atoms with Gasteiger partial charge in [0.2, 0.25) is 0 Å². The molecule has 0 atom stereocenters. The van der Waals surface area contributed by atoms with E-state index in [2.05, 4.69) is 25.7 Å². The summed E-state index contributed by atoms with van der Waals surface area (Å²) in [7, 11) is 0. The molecule has 1 aliphatic carbocycles. The fourth-order valence-corrected chi connectivity index (χ4v) is 2.02. The molecule has 16 heavy (non-hydrogen) atoms. The smallest absolute Gasteiger partial charge is 0.306 e. The molecule has 3 nitrogen and oxygen atoms in total. The summed E-state index contributed by atoms with van der Waals surface area (Å²) in [5.74, 6) is -0.631. The second-order valence-corrected chi connectivity index (χ2v) is 4.29. The third-order valence-electron chi connectivity index (χ3n) is 3.30. The molecule has 0 bridgehead atoms. The highest BCUT2D eigenvalue weighted by molar-refractivity contribution is 5.69. The summed E-state index contributed by atoms with van der Waals surface area (Å²) in [6.45, 7) is 10.1. The lowest BCUT2D eigenvalue weighted by Gasteiger charge is -2.16. The maximum atomic E-state index is 10.4. The summed E-state index contributed by atoms with van der Waals surface area (Å²) in [5.41, 5.74) is 0. The number of hydrogen-bond acceptors (Lipinski definition) is 2. The molecule has 1 N–H and O–H groups in total. The van der Waals surface area contributed by atoms with Crippen LogP contribution in [0.2, 0.25) is 0 Å². The van der Waals surface area contributed by atoms with Crippen molar-refractivity contribution in [1.29, 1.82) is 0 Å². The van der Waals surface area contributed by atoms with Crippen molar-refractivity contribution in [3.63, 3.8) is 0 Å². The zero-order valence-corrected chi connectivity index (χ0v) is 11.0. The number of carbonyl (C=O) groups is 1. The molecule has 0 unspecified atom stereocenters. The van der Waals surface area contributed by atoms with E-state index in [1.165, 1.54) is 26.1 Å². The van der Waals surface area contributed by atoms with Crippen molar-refractivity contribution in [2.45, 2.75) is 52.9 Å². The van der Waals surface area contributed by atoms with Crippen LogP contribution in [0.3, 0.4) is 0 Å². The third-order valence-corrected chi connectivity index (χ3v) is 3.30. The summed E-state index contributed by atoms with van der Waals surface area (Å²) >= 11 is 0. The first kappa shape index (κ1) is 15.4. The van der Waals surface area contributed by atoms with Crippen LogP contribution in [-0.2, 0) is 4.79 Å². The van der Waals surface area contributed by atoms with Crippen LogP contribution in [0.15, 0.2) is 0 Å². The predicted molar refractivity (Wildman–Crippen MR) is 67.7 cm³/mol. The Labute approximate surface area is 99.8 Å². The standard InChI is InChI=1S/C7H12O2.C6H15N/c8-7(9)6-4-2-1-3-5-6;1-4-7(5-2)6-3/h6H,1-5H2,(H,8,9);4-6H2,1-3H3. The summed E-state index contributed by atoms with van der Waals surface area (Å²) in [4.78, 5) is 12.7. The SMILES string of the molecule is CCN(CC)CC.O=C(O)C1CCCCC1. The van der Waals surface area contributed by atoms with Crippen LogP contribution in [0.4, 0.5) is 0 Å². The van der Waals surface area contributed by atoms with Crippen LogP contribution in [0.5, 0.6) is 0 Å². The molecule has 0 aliphatic heterocycles. The normalized spacial score (nSPS) is 16.8. The Morgan fingerprint density at radius 2 is 1.50 bits per heavy atom. The van der Waals surface area contributed by atoms with E-state index in [0.717, 1.165) is 25.7 Å². The van der Waals surface area contributed by atoms with Crippen LogP contribution in [0, 0.1) is 5.92 Å². The molecule has 1 rings (SSSR count). The van der Waals surface area contributed by atoms with Gasteiger partial charge in [0.15, 0.2) is 0 Å². The van der Waals surface area contributed by atoms with E-state index in [-0.39, 0.29) is 5.92 Å². The van der Waals surface area contributed by atoms with Gasteiger partial charge in [0.05, 0.1) is 5.92 Å². The van der Waals surface area contributed by atoms with Gasteiger partial charge < -0.3 is 10.0 Å². The van der Waals surface area contributed by atoms with E-state index in [4.69, 9.17) is 5.11 Å². The number of rotatable bonds is 4. The summed E-state index contributed by atoms with van der Waals surface area (Å²) in [6, 6.07) is 0. The topological polar surface area (TPSA) is 40.5 Å². The van der Waals surface area contributed by atoms with Crippen molar-refractivity contribution >= 4 is 5.97 Å². The molecule has 0 saturated heterocycles. The molecule has 0 aromatic heterocycles. The summed E-state index contributed by atoms with van der Waals surface area (Å²) in [6.07, 6.45) is 5.24. The quantitative estimate of drug-likeness (QED) is 0.805. The van der Waals surface area contributed by atoms with Gasteiger partial charge in [-0.1, -0.05) is 40.0 Å². The zero-order chi connectivity index (χ0) is 12.4. The second kappa shape index (κ2) is 9.64. The monoisotopic (exact) mass is 229 g/mol. The molecule has 1 fully saturated rings. The van der Waals surface area contributed by atoms with Crippen LogP contribution >= 0.6 is 0 Å². The van der Waals surface area contributed by atoms with Crippen molar-refractivity contribution < 1.29 is 9.90 Å². The molecule has 3 heteroatoms. The highest BCUT2D eigenvalue weighted by Gasteiger charge is 2.19. The minimum atomic E-state index is -0.602. The molecule has 0 spiro atoms. The first-order valence-corrected chi connectivity index (χ1v) is 6.60. The van der Waals surface area contributed by atoms with Gasteiger partial charge in [-0.3, -0.25) is 4.79 Å². The van der Waals surface area contributed by atoms with E-state index >= 15 is 0 Å². The van der Waals surface area contributed by atoms with Crippen molar-refractivity contribution in [3.05, 3.63) is 0 Å². The fourth-order valence-electron chi connectivity index (χ4n) is 2.02. The van der Waals surface area contributed by atoms with E-state index in [9.17, 15) is 4.79 Å². The van der Waals surface area contributed by atoms with E-state index in [1.54, 1.807) is 0 Å². The lowest BCUT2D eigenvalue weighted by molar-refractivity contribution is -0.142. The molecular weight excluding hydrogens is 202 g/mol. The minimum absolute atomic E-state index is 0.0289. The molecule has 0 amide bonds. The van der Waals surface area contributed by atoms with Crippen LogP contribution in [0.25, 0.3) is 0 Å². The average molecular weight is 229 g/mol. The van der Waals surface area contributed by atoms with Gasteiger partial charge in [-0.15, -0.1) is 0 Å². The van der Waals surface area contributed by atoms with E-state index in [0.29, 0.717) is 0 Å². The fraction of sp³-hybridized carbons (Fsp3) is 0.923. The van der Waals surface area contributed by atoms with Crippen molar-refractivity contribution in [2.75, 3.05) is 19.6 Å². The number of carboxylic acid groups (broad SMARTS) is 1. The van der Waals surface area contributed by atoms with Gasteiger partial charge >= 0.3 is 5.97 Å². The largest absolute Gasteiger partial charge is 0.481 e. The number of carboxylic acids is 1. The van der Waals surface area contributed by atoms with Gasteiger partial charge in [-0.25, -0.2) is 0 Å². The molecule has 0 aromatic rings. The number of nitrogens with zero attached hydrogens (tertiary/aromatic N) is 1. The van der Waals surface area contributed by atoms with Gasteiger partial charge in [0.1, 0.15) is 0 Å². The maximum absolute atomic E-state index is 10.4. The molecule has 0 aromatic carbocycles. The maximum Gasteiger partial charge on any atom is 0.306 e. The Kier molecular flexibility index (Phi) is 9.30. The molecule has 1 aliphatic rings. The van der Waals surface area contributed by atoms with Gasteiger partial charge in [-0.2, -0.15) is 0 Å². The second-order valence-electron chi connectivity index (χ2n) is 4.29. The number of aliphatic carboxylic acids is 1. The highest BCUT2D eigenvalue weighted by atomic mass is 16.4. The Hall–Kier alpha value is -0.570. The lowest BCUT2D eigenvalue weighted by atomic mass is 9.90. The van der Waals surface area contributed by atoms with Crippen molar-refractivity contribution in [3.8, 4) is 0 Å². The van der Waals surface area contributed by atoms with E-state index < -0.39 is 5.97 Å². The molecule has 0 radical (unpaired) electrons. The molecule has 96 valence electrons. The lowest BCUT2D eigenvalue weighted by Crippen LogP contribution is -2.21. The van der Waals surface area contributed by atoms with Gasteiger partial charge in [0, 0.05) is 0 Å². The minimum Gasteiger partial charge on any atom is -0.481 e. The first-order chi connectivity index (χ1) is 7.65. The summed E-state index contributed by atoms with van der Waals surface area (Å²) in [5, 5.41) is 8.54. The van der Waals surface area contributed by atoms with Crippen LogP contribution < -0.4 is 0 Å². The molecule has 1 saturated carbocycles. The summed E-state index contributed by atoms with van der Waals surface area (Å²) < 4.78 is 0. The number of hydrogen-bond donors (Lipinski definition) is 1. The first-order valence-electron chi connectivity index (χ1n) is 6.60.